The summed E-state index contributed by atoms with van der Waals surface area (Å²) in [7, 11) is 0. The normalized spacial score (nSPS) is 10.1. The van der Waals surface area contributed by atoms with E-state index in [0.717, 1.165) is 11.4 Å². The van der Waals surface area contributed by atoms with E-state index in [1.165, 1.54) is 0 Å². The van der Waals surface area contributed by atoms with Crippen molar-refractivity contribution in [2.24, 2.45) is 0 Å². The minimum atomic E-state index is 0.638. The Morgan fingerprint density at radius 1 is 0.938 bits per heavy atom. The monoisotopic (exact) mass is 252 g/mol. The van der Waals surface area contributed by atoms with Crippen molar-refractivity contribution in [1.82, 2.24) is 0 Å². The van der Waals surface area contributed by atoms with E-state index in [4.69, 9.17) is 28.9 Å². The molecule has 2 aromatic carbocycles. The minimum absolute atomic E-state index is 0.638. The first-order valence-electron chi connectivity index (χ1n) is 4.73. The summed E-state index contributed by atoms with van der Waals surface area (Å²) in [5, 5.41) is 4.47. The third-order valence-electron chi connectivity index (χ3n) is 2.12. The summed E-state index contributed by atoms with van der Waals surface area (Å²) in [6, 6.07) is 12.7. The zero-order valence-corrected chi connectivity index (χ0v) is 9.89. The van der Waals surface area contributed by atoms with Crippen molar-refractivity contribution < 1.29 is 0 Å². The summed E-state index contributed by atoms with van der Waals surface area (Å²) in [6.45, 7) is 0. The Morgan fingerprint density at radius 3 is 2.44 bits per heavy atom. The van der Waals surface area contributed by atoms with Crippen molar-refractivity contribution in [3.63, 3.8) is 0 Å². The fourth-order valence-corrected chi connectivity index (χ4v) is 1.72. The van der Waals surface area contributed by atoms with Crippen molar-refractivity contribution in [3.8, 4) is 0 Å². The van der Waals surface area contributed by atoms with Crippen LogP contribution in [0.15, 0.2) is 42.5 Å². The fraction of sp³-hybridized carbons (Fsp3) is 0. The molecule has 3 N–H and O–H groups in total. The highest BCUT2D eigenvalue weighted by atomic mass is 35.5. The highest BCUT2D eigenvalue weighted by Gasteiger charge is 2.01. The summed E-state index contributed by atoms with van der Waals surface area (Å²) in [5.41, 5.74) is 8.11. The predicted molar refractivity (Wildman–Crippen MR) is 70.6 cm³/mol. The highest BCUT2D eigenvalue weighted by molar-refractivity contribution is 6.31. The van der Waals surface area contributed by atoms with E-state index in [2.05, 4.69) is 5.32 Å². The quantitative estimate of drug-likeness (QED) is 0.782. The zero-order valence-electron chi connectivity index (χ0n) is 8.37. The maximum Gasteiger partial charge on any atom is 0.0632 e. The molecule has 0 atom stereocenters. The predicted octanol–water partition coefficient (Wildman–Crippen LogP) is 4.32. The molecule has 0 saturated carbocycles. The smallest absolute Gasteiger partial charge is 0.0632 e. The first kappa shape index (κ1) is 11.1. The molecule has 2 nitrogen and oxygen atoms in total. The molecule has 0 bridgehead atoms. The lowest BCUT2D eigenvalue weighted by Crippen LogP contribution is -1.95. The number of anilines is 3. The standard InChI is InChI=1S/C12H10Cl2N2/c13-8-2-1-3-10(6-8)16-12-7-9(14)4-5-11(12)15/h1-7,16H,15H2. The van der Waals surface area contributed by atoms with Crippen LogP contribution in [0.1, 0.15) is 0 Å². The Morgan fingerprint density at radius 2 is 1.69 bits per heavy atom. The number of hydrogen-bond acceptors (Lipinski definition) is 2. The number of halogens is 2. The molecule has 0 unspecified atom stereocenters. The average molecular weight is 253 g/mol. The summed E-state index contributed by atoms with van der Waals surface area (Å²) in [6.07, 6.45) is 0. The van der Waals surface area contributed by atoms with Gasteiger partial charge >= 0.3 is 0 Å². The van der Waals surface area contributed by atoms with Crippen LogP contribution in [0, 0.1) is 0 Å². The zero-order chi connectivity index (χ0) is 11.5. The van der Waals surface area contributed by atoms with Crippen LogP contribution in [0.5, 0.6) is 0 Å². The molecule has 0 aliphatic carbocycles. The Balaban J connectivity index is 2.30. The lowest BCUT2D eigenvalue weighted by molar-refractivity contribution is 1.55. The Bertz CT molecular complexity index is 512. The average Bonchev–Trinajstić information content (AvgIpc) is 2.24. The Labute approximate surface area is 104 Å². The summed E-state index contributed by atoms with van der Waals surface area (Å²) < 4.78 is 0. The highest BCUT2D eigenvalue weighted by Crippen LogP contribution is 2.27. The van der Waals surface area contributed by atoms with E-state index in [1.54, 1.807) is 18.2 Å². The van der Waals surface area contributed by atoms with Gasteiger partial charge in [-0.2, -0.15) is 0 Å². The van der Waals surface area contributed by atoms with E-state index in [-0.39, 0.29) is 0 Å². The van der Waals surface area contributed by atoms with Gasteiger partial charge in [-0.15, -0.1) is 0 Å². The van der Waals surface area contributed by atoms with Gasteiger partial charge in [-0.25, -0.2) is 0 Å². The van der Waals surface area contributed by atoms with Gasteiger partial charge in [-0.05, 0) is 36.4 Å². The van der Waals surface area contributed by atoms with Crippen LogP contribution in [0.4, 0.5) is 17.1 Å². The van der Waals surface area contributed by atoms with Crippen LogP contribution in [-0.4, -0.2) is 0 Å². The number of rotatable bonds is 2. The second-order valence-corrected chi connectivity index (χ2v) is 4.24. The van der Waals surface area contributed by atoms with Crippen LogP contribution in [0.25, 0.3) is 0 Å². The van der Waals surface area contributed by atoms with Crippen molar-refractivity contribution in [2.75, 3.05) is 11.1 Å². The van der Waals surface area contributed by atoms with Gasteiger partial charge in [-0.1, -0.05) is 29.3 Å². The van der Waals surface area contributed by atoms with Crippen molar-refractivity contribution >= 4 is 40.3 Å². The SMILES string of the molecule is Nc1ccc(Cl)cc1Nc1cccc(Cl)c1. The van der Waals surface area contributed by atoms with Gasteiger partial charge in [0.25, 0.3) is 0 Å². The van der Waals surface area contributed by atoms with Crippen LogP contribution >= 0.6 is 23.2 Å². The Kier molecular flexibility index (Phi) is 3.22. The van der Waals surface area contributed by atoms with Crippen molar-refractivity contribution in [1.29, 1.82) is 0 Å². The molecule has 16 heavy (non-hydrogen) atoms. The van der Waals surface area contributed by atoms with E-state index in [1.807, 2.05) is 24.3 Å². The van der Waals surface area contributed by atoms with E-state index < -0.39 is 0 Å². The molecular formula is C12H10Cl2N2. The van der Waals surface area contributed by atoms with Gasteiger partial charge in [0.1, 0.15) is 0 Å². The molecule has 0 amide bonds. The molecular weight excluding hydrogens is 243 g/mol. The van der Waals surface area contributed by atoms with Crippen LogP contribution in [0.2, 0.25) is 10.0 Å². The Hall–Kier alpha value is -1.38. The van der Waals surface area contributed by atoms with E-state index in [0.29, 0.717) is 15.7 Å². The minimum Gasteiger partial charge on any atom is -0.397 e. The van der Waals surface area contributed by atoms with Gasteiger partial charge in [0.2, 0.25) is 0 Å². The van der Waals surface area contributed by atoms with Crippen molar-refractivity contribution in [2.45, 2.75) is 0 Å². The lowest BCUT2D eigenvalue weighted by atomic mass is 10.2. The molecule has 82 valence electrons. The fourth-order valence-electron chi connectivity index (χ4n) is 1.36. The van der Waals surface area contributed by atoms with Gasteiger partial charge in [0, 0.05) is 15.7 Å². The molecule has 4 heteroatoms. The topological polar surface area (TPSA) is 38.0 Å². The number of nitrogens with two attached hydrogens (primary N) is 1. The number of benzene rings is 2. The second-order valence-electron chi connectivity index (χ2n) is 3.37. The van der Waals surface area contributed by atoms with Crippen LogP contribution < -0.4 is 11.1 Å². The summed E-state index contributed by atoms with van der Waals surface area (Å²) in [5.74, 6) is 0. The molecule has 0 heterocycles. The third-order valence-corrected chi connectivity index (χ3v) is 2.59. The molecule has 0 fully saturated rings. The largest absolute Gasteiger partial charge is 0.397 e. The maximum atomic E-state index is 5.89. The van der Waals surface area contributed by atoms with Gasteiger partial charge in [-0.3, -0.25) is 0 Å². The molecule has 0 saturated heterocycles. The first-order chi connectivity index (χ1) is 7.65. The molecule has 2 rings (SSSR count). The number of hydrogen-bond donors (Lipinski definition) is 2. The lowest BCUT2D eigenvalue weighted by Gasteiger charge is -2.09. The van der Waals surface area contributed by atoms with E-state index >= 15 is 0 Å². The molecule has 0 aliphatic heterocycles. The molecule has 2 aromatic rings. The van der Waals surface area contributed by atoms with Crippen LogP contribution in [0.3, 0.4) is 0 Å². The second kappa shape index (κ2) is 4.64. The van der Waals surface area contributed by atoms with Gasteiger partial charge in [0.05, 0.1) is 11.4 Å². The third kappa shape index (κ3) is 2.60. The van der Waals surface area contributed by atoms with Gasteiger partial charge in [0.15, 0.2) is 0 Å². The van der Waals surface area contributed by atoms with Crippen molar-refractivity contribution in [3.05, 3.63) is 52.5 Å². The summed E-state index contributed by atoms with van der Waals surface area (Å²) >= 11 is 11.8. The number of nitrogens with one attached hydrogen (secondary N) is 1. The summed E-state index contributed by atoms with van der Waals surface area (Å²) in [4.78, 5) is 0. The molecule has 0 spiro atoms. The van der Waals surface area contributed by atoms with Crippen LogP contribution in [-0.2, 0) is 0 Å². The maximum absolute atomic E-state index is 5.89. The van der Waals surface area contributed by atoms with E-state index in [9.17, 15) is 0 Å². The van der Waals surface area contributed by atoms with Gasteiger partial charge < -0.3 is 11.1 Å². The first-order valence-corrected chi connectivity index (χ1v) is 5.48. The number of nitrogen functional groups attached to an aromatic ring is 1. The molecule has 0 aliphatic rings. The molecule has 0 radical (unpaired) electrons. The molecule has 0 aromatic heterocycles.